The molecule has 1 aromatic heterocycles. The van der Waals surface area contributed by atoms with Gasteiger partial charge in [0.25, 0.3) is 0 Å². The smallest absolute Gasteiger partial charge is 0.344 e. The van der Waals surface area contributed by atoms with Gasteiger partial charge in [-0.1, -0.05) is 35.2 Å². The van der Waals surface area contributed by atoms with E-state index in [1.807, 2.05) is 30.3 Å². The van der Waals surface area contributed by atoms with E-state index in [0.717, 1.165) is 10.4 Å². The van der Waals surface area contributed by atoms with E-state index in [-0.39, 0.29) is 26.2 Å². The zero-order valence-electron chi connectivity index (χ0n) is 17.5. The lowest BCUT2D eigenvalue weighted by atomic mass is 9.92. The van der Waals surface area contributed by atoms with Gasteiger partial charge in [-0.15, -0.1) is 5.10 Å². The SMILES string of the molecule is CCOC(=O)C(Cc1c(C)nnn1OCc1ccccc1)(NC(C)=O)C(=O)OCC. The summed E-state index contributed by atoms with van der Waals surface area (Å²) in [5, 5.41) is 10.3. The number of ether oxygens (including phenoxy) is 2. The van der Waals surface area contributed by atoms with Crippen molar-refractivity contribution in [3.8, 4) is 0 Å². The molecule has 0 saturated carbocycles. The van der Waals surface area contributed by atoms with E-state index >= 15 is 0 Å². The summed E-state index contributed by atoms with van der Waals surface area (Å²) in [6.45, 7) is 6.26. The average molecular weight is 418 g/mol. The van der Waals surface area contributed by atoms with Crippen LogP contribution in [0, 0.1) is 6.92 Å². The van der Waals surface area contributed by atoms with E-state index in [1.165, 1.54) is 6.92 Å². The van der Waals surface area contributed by atoms with Crippen molar-refractivity contribution >= 4 is 17.8 Å². The maximum atomic E-state index is 12.8. The van der Waals surface area contributed by atoms with Crippen molar-refractivity contribution < 1.29 is 28.7 Å². The fraction of sp³-hybridized carbons (Fsp3) is 0.450. The van der Waals surface area contributed by atoms with Gasteiger partial charge in [0.15, 0.2) is 0 Å². The first-order valence-electron chi connectivity index (χ1n) is 9.55. The molecule has 1 heterocycles. The summed E-state index contributed by atoms with van der Waals surface area (Å²) < 4.78 is 10.2. The van der Waals surface area contributed by atoms with Gasteiger partial charge in [0, 0.05) is 13.3 Å². The quantitative estimate of drug-likeness (QED) is 0.443. The second-order valence-electron chi connectivity index (χ2n) is 6.46. The number of aromatic nitrogens is 3. The van der Waals surface area contributed by atoms with Crippen LogP contribution >= 0.6 is 0 Å². The van der Waals surface area contributed by atoms with E-state index in [0.29, 0.717) is 11.4 Å². The highest BCUT2D eigenvalue weighted by Gasteiger charge is 2.51. The maximum Gasteiger partial charge on any atom is 0.344 e. The van der Waals surface area contributed by atoms with Crippen molar-refractivity contribution in [1.82, 2.24) is 20.5 Å². The Kier molecular flexibility index (Phi) is 7.90. The Balaban J connectivity index is 2.40. The molecule has 0 saturated heterocycles. The molecule has 0 fully saturated rings. The van der Waals surface area contributed by atoms with Gasteiger partial charge in [-0.3, -0.25) is 4.79 Å². The summed E-state index contributed by atoms with van der Waals surface area (Å²) in [5.74, 6) is -2.47. The van der Waals surface area contributed by atoms with E-state index in [2.05, 4.69) is 15.6 Å². The number of hydrogen-bond donors (Lipinski definition) is 1. The highest BCUT2D eigenvalue weighted by molar-refractivity contribution is 6.08. The molecular weight excluding hydrogens is 392 g/mol. The van der Waals surface area contributed by atoms with Crippen molar-refractivity contribution in [2.45, 2.75) is 46.3 Å². The van der Waals surface area contributed by atoms with E-state index in [1.54, 1.807) is 20.8 Å². The summed E-state index contributed by atoms with van der Waals surface area (Å²) in [7, 11) is 0. The monoisotopic (exact) mass is 418 g/mol. The molecule has 1 aromatic carbocycles. The molecule has 0 aliphatic rings. The Bertz CT molecular complexity index is 863. The highest BCUT2D eigenvalue weighted by atomic mass is 16.7. The summed E-state index contributed by atoms with van der Waals surface area (Å²) in [6, 6.07) is 9.38. The van der Waals surface area contributed by atoms with Gasteiger partial charge in [-0.25, -0.2) is 9.59 Å². The first kappa shape index (κ1) is 22.9. The number of benzene rings is 1. The molecule has 2 rings (SSSR count). The number of aryl methyl sites for hydroxylation is 1. The Hall–Kier alpha value is -3.43. The predicted octanol–water partition coefficient (Wildman–Crippen LogP) is 0.759. The Labute approximate surface area is 174 Å². The first-order valence-corrected chi connectivity index (χ1v) is 9.55. The summed E-state index contributed by atoms with van der Waals surface area (Å²) >= 11 is 0. The summed E-state index contributed by atoms with van der Waals surface area (Å²) in [4.78, 5) is 44.4. The van der Waals surface area contributed by atoms with Crippen LogP contribution in [0.25, 0.3) is 0 Å². The largest absolute Gasteiger partial charge is 0.464 e. The van der Waals surface area contributed by atoms with Crippen LogP contribution in [-0.2, 0) is 36.9 Å². The molecule has 0 aliphatic carbocycles. The highest BCUT2D eigenvalue weighted by Crippen LogP contribution is 2.20. The van der Waals surface area contributed by atoms with Crippen LogP contribution in [0.1, 0.15) is 37.7 Å². The van der Waals surface area contributed by atoms with Crippen molar-refractivity contribution in [3.63, 3.8) is 0 Å². The second-order valence-corrected chi connectivity index (χ2v) is 6.46. The molecule has 162 valence electrons. The molecule has 10 nitrogen and oxygen atoms in total. The van der Waals surface area contributed by atoms with Gasteiger partial charge in [0.1, 0.15) is 12.3 Å². The number of rotatable bonds is 10. The molecule has 0 bridgehead atoms. The molecule has 1 amide bonds. The second kappa shape index (κ2) is 10.4. The molecular formula is C20H26N4O6. The first-order chi connectivity index (χ1) is 14.3. The van der Waals surface area contributed by atoms with Crippen LogP contribution in [0.4, 0.5) is 0 Å². The van der Waals surface area contributed by atoms with E-state index in [9.17, 15) is 14.4 Å². The normalized spacial score (nSPS) is 10.9. The number of nitrogens with zero attached hydrogens (tertiary/aromatic N) is 3. The topological polar surface area (TPSA) is 122 Å². The minimum absolute atomic E-state index is 0.0145. The molecule has 1 N–H and O–H groups in total. The fourth-order valence-corrected chi connectivity index (χ4v) is 2.80. The Morgan fingerprint density at radius 2 is 1.67 bits per heavy atom. The van der Waals surface area contributed by atoms with Crippen molar-refractivity contribution in [2.24, 2.45) is 0 Å². The van der Waals surface area contributed by atoms with Crippen LogP contribution in [0.5, 0.6) is 0 Å². The number of hydrogen-bond acceptors (Lipinski definition) is 8. The molecule has 2 aromatic rings. The third-order valence-corrected chi connectivity index (χ3v) is 4.19. The van der Waals surface area contributed by atoms with Gasteiger partial charge >= 0.3 is 11.9 Å². The predicted molar refractivity (Wildman–Crippen MR) is 105 cm³/mol. The summed E-state index contributed by atoms with van der Waals surface area (Å²) in [5.41, 5.74) is -0.467. The number of carbonyl (C=O) groups is 3. The van der Waals surface area contributed by atoms with Crippen LogP contribution < -0.4 is 10.2 Å². The number of amides is 1. The van der Waals surface area contributed by atoms with Gasteiger partial charge < -0.3 is 19.6 Å². The molecule has 0 aliphatic heterocycles. The van der Waals surface area contributed by atoms with E-state index in [4.69, 9.17) is 14.3 Å². The lowest BCUT2D eigenvalue weighted by Gasteiger charge is -2.29. The molecule has 0 radical (unpaired) electrons. The minimum atomic E-state index is -2.10. The summed E-state index contributed by atoms with van der Waals surface area (Å²) in [6.07, 6.45) is -0.308. The number of carbonyl (C=O) groups excluding carboxylic acids is 3. The third kappa shape index (κ3) is 5.34. The standard InChI is InChI=1S/C20H26N4O6/c1-5-28-18(26)20(21-15(4)25,19(27)29-6-2)12-17-14(3)22-23-24(17)30-13-16-10-8-7-9-11-16/h7-11H,5-6,12-13H2,1-4H3,(H,21,25). The molecule has 0 unspecified atom stereocenters. The zero-order chi connectivity index (χ0) is 22.1. The van der Waals surface area contributed by atoms with Crippen LogP contribution in [0.2, 0.25) is 0 Å². The zero-order valence-corrected chi connectivity index (χ0v) is 17.5. The van der Waals surface area contributed by atoms with Gasteiger partial charge in [-0.2, -0.15) is 0 Å². The fourth-order valence-electron chi connectivity index (χ4n) is 2.80. The lowest BCUT2D eigenvalue weighted by Crippen LogP contribution is -2.62. The van der Waals surface area contributed by atoms with Crippen molar-refractivity contribution in [3.05, 3.63) is 47.3 Å². The minimum Gasteiger partial charge on any atom is -0.464 e. The van der Waals surface area contributed by atoms with E-state index < -0.39 is 23.4 Å². The van der Waals surface area contributed by atoms with Crippen LogP contribution in [0.15, 0.2) is 30.3 Å². The van der Waals surface area contributed by atoms with Crippen molar-refractivity contribution in [2.75, 3.05) is 13.2 Å². The molecule has 0 spiro atoms. The third-order valence-electron chi connectivity index (χ3n) is 4.19. The Morgan fingerprint density at radius 3 is 2.20 bits per heavy atom. The van der Waals surface area contributed by atoms with Gasteiger partial charge in [-0.05, 0) is 31.5 Å². The molecule has 30 heavy (non-hydrogen) atoms. The maximum absolute atomic E-state index is 12.8. The van der Waals surface area contributed by atoms with Crippen LogP contribution in [-0.4, -0.2) is 51.8 Å². The van der Waals surface area contributed by atoms with Gasteiger partial charge in [0.2, 0.25) is 11.4 Å². The number of nitrogens with one attached hydrogen (secondary N) is 1. The molecule has 0 atom stereocenters. The average Bonchev–Trinajstić information content (AvgIpc) is 3.06. The van der Waals surface area contributed by atoms with Crippen molar-refractivity contribution in [1.29, 1.82) is 0 Å². The number of esters is 2. The van der Waals surface area contributed by atoms with Crippen LogP contribution in [0.3, 0.4) is 0 Å². The lowest BCUT2D eigenvalue weighted by molar-refractivity contribution is -0.168. The Morgan fingerprint density at radius 1 is 1.07 bits per heavy atom. The molecule has 10 heteroatoms. The van der Waals surface area contributed by atoms with Gasteiger partial charge in [0.05, 0.1) is 18.9 Å².